The number of halogens is 1. The van der Waals surface area contributed by atoms with E-state index in [-0.39, 0.29) is 0 Å². The van der Waals surface area contributed by atoms with E-state index in [1.54, 1.807) is 0 Å². The molecule has 0 spiro atoms. The second kappa shape index (κ2) is 10.9. The fourth-order valence-electron chi connectivity index (χ4n) is 2.23. The predicted molar refractivity (Wildman–Crippen MR) is 85.1 cm³/mol. The number of unbranched alkanes of at least 4 members (excludes halogenated alkanes) is 1. The van der Waals surface area contributed by atoms with Crippen LogP contribution in [-0.4, -0.2) is 42.8 Å². The third-order valence-electron chi connectivity index (χ3n) is 3.47. The zero-order valence-electron chi connectivity index (χ0n) is 12.9. The van der Waals surface area contributed by atoms with E-state index in [9.17, 15) is 0 Å². The zero-order valence-corrected chi connectivity index (χ0v) is 13.6. The number of nitrogens with zero attached hydrogens (tertiary/aromatic N) is 2. The van der Waals surface area contributed by atoms with Crippen LogP contribution in [0.25, 0.3) is 0 Å². The minimum Gasteiger partial charge on any atom is -0.325 e. The van der Waals surface area contributed by atoms with Crippen LogP contribution in [0.2, 0.25) is 0 Å². The average Bonchev–Trinajstić information content (AvgIpc) is 2.39. The molecule has 0 rings (SSSR count). The van der Waals surface area contributed by atoms with Gasteiger partial charge >= 0.3 is 6.98 Å². The van der Waals surface area contributed by atoms with Gasteiger partial charge in [-0.05, 0) is 39.0 Å². The monoisotopic (exact) mass is 272 g/mol. The van der Waals surface area contributed by atoms with Gasteiger partial charge in [0.2, 0.25) is 0 Å². The Morgan fingerprint density at radius 1 is 0.944 bits per heavy atom. The summed E-state index contributed by atoms with van der Waals surface area (Å²) in [6.45, 7) is 15.7. The molecule has 0 aromatic rings. The maximum atomic E-state index is 6.38. The van der Waals surface area contributed by atoms with Gasteiger partial charge in [0.1, 0.15) is 0 Å². The second-order valence-corrected chi connectivity index (χ2v) is 5.06. The summed E-state index contributed by atoms with van der Waals surface area (Å²) < 4.78 is 0. The average molecular weight is 273 g/mol. The topological polar surface area (TPSA) is 6.48 Å². The smallest absolute Gasteiger partial charge is 0.325 e. The maximum absolute atomic E-state index is 6.38. The summed E-state index contributed by atoms with van der Waals surface area (Å²) >= 11 is 6.38. The van der Waals surface area contributed by atoms with Crippen LogP contribution < -0.4 is 0 Å². The molecule has 0 aromatic heterocycles. The molecule has 0 aliphatic carbocycles. The molecule has 0 aromatic carbocycles. The van der Waals surface area contributed by atoms with E-state index >= 15 is 0 Å². The normalized spacial score (nSPS) is 12.6. The van der Waals surface area contributed by atoms with Crippen molar-refractivity contribution in [1.82, 2.24) is 9.62 Å². The van der Waals surface area contributed by atoms with Crippen molar-refractivity contribution in [2.24, 2.45) is 0 Å². The lowest BCUT2D eigenvalue weighted by Crippen LogP contribution is -2.51. The Hall–Kier alpha value is 0.0149. The van der Waals surface area contributed by atoms with Crippen LogP contribution in [0.4, 0.5) is 0 Å². The van der Waals surface area contributed by atoms with Gasteiger partial charge in [0.05, 0.1) is 0 Å². The Bertz CT molecular complexity index is 214. The molecule has 106 valence electrons. The van der Waals surface area contributed by atoms with Crippen LogP contribution in [-0.2, 0) is 0 Å². The van der Waals surface area contributed by atoms with Crippen LogP contribution in [0.15, 0.2) is 11.0 Å². The highest BCUT2D eigenvalue weighted by molar-refractivity contribution is 6.60. The predicted octanol–water partition coefficient (Wildman–Crippen LogP) is 4.01. The molecule has 2 nitrogen and oxygen atoms in total. The highest BCUT2D eigenvalue weighted by Gasteiger charge is 2.25. The second-order valence-electron chi connectivity index (χ2n) is 4.57. The van der Waals surface area contributed by atoms with Crippen LogP contribution in [0, 0.1) is 0 Å². The number of hydrogen-bond donors (Lipinski definition) is 0. The fraction of sp³-hybridized carbons (Fsp3) is 0.857. The van der Waals surface area contributed by atoms with Gasteiger partial charge in [0.25, 0.3) is 0 Å². The van der Waals surface area contributed by atoms with Gasteiger partial charge in [-0.3, -0.25) is 0 Å². The summed E-state index contributed by atoms with van der Waals surface area (Å²) in [4.78, 5) is 4.92. The van der Waals surface area contributed by atoms with Gasteiger partial charge in [0.15, 0.2) is 0 Å². The van der Waals surface area contributed by atoms with E-state index in [4.69, 9.17) is 11.6 Å². The molecule has 0 unspecified atom stereocenters. The molecule has 0 saturated carbocycles. The van der Waals surface area contributed by atoms with Crippen molar-refractivity contribution in [3.05, 3.63) is 11.0 Å². The van der Waals surface area contributed by atoms with Crippen LogP contribution in [0.5, 0.6) is 0 Å². The number of hydrogen-bond acceptors (Lipinski definition) is 2. The van der Waals surface area contributed by atoms with Crippen LogP contribution in [0.3, 0.4) is 0 Å². The summed E-state index contributed by atoms with van der Waals surface area (Å²) in [6, 6.07) is 0. The molecule has 0 aliphatic rings. The van der Waals surface area contributed by atoms with Crippen molar-refractivity contribution >= 4 is 18.6 Å². The highest BCUT2D eigenvalue weighted by Crippen LogP contribution is 2.15. The summed E-state index contributed by atoms with van der Waals surface area (Å²) in [5, 5.41) is 1.01. The third-order valence-corrected chi connectivity index (χ3v) is 3.79. The first-order valence-electron chi connectivity index (χ1n) is 7.48. The maximum Gasteiger partial charge on any atom is 0.339 e. The zero-order chi connectivity index (χ0) is 14.0. The first-order chi connectivity index (χ1) is 8.64. The largest absolute Gasteiger partial charge is 0.339 e. The summed E-state index contributed by atoms with van der Waals surface area (Å²) in [5.74, 6) is 2.25. The van der Waals surface area contributed by atoms with E-state index in [0.29, 0.717) is 6.98 Å². The summed E-state index contributed by atoms with van der Waals surface area (Å²) in [7, 11) is 0. The van der Waals surface area contributed by atoms with Gasteiger partial charge in [-0.25, -0.2) is 0 Å². The van der Waals surface area contributed by atoms with Crippen molar-refractivity contribution in [3.63, 3.8) is 0 Å². The van der Waals surface area contributed by atoms with Gasteiger partial charge in [0, 0.05) is 5.03 Å². The van der Waals surface area contributed by atoms with Gasteiger partial charge in [-0.15, -0.1) is 0 Å². The Kier molecular flexibility index (Phi) is 10.9. The Labute approximate surface area is 119 Å². The first-order valence-corrected chi connectivity index (χ1v) is 7.86. The quantitative estimate of drug-likeness (QED) is 0.555. The van der Waals surface area contributed by atoms with E-state index in [1.165, 1.54) is 12.8 Å². The molecule has 18 heavy (non-hydrogen) atoms. The SMILES string of the molecule is CCCCC(Cl)=CB(N(CC)CC)N(CC)CC. The molecule has 0 amide bonds. The van der Waals surface area contributed by atoms with Gasteiger partial charge in [-0.2, -0.15) is 0 Å². The molecular formula is C14H30BClN2. The first kappa shape index (κ1) is 18.0. The lowest BCUT2D eigenvalue weighted by atomic mass is 9.70. The molecule has 4 heteroatoms. The summed E-state index contributed by atoms with van der Waals surface area (Å²) in [5.41, 5.74) is 0. The van der Waals surface area contributed by atoms with Gasteiger partial charge < -0.3 is 9.62 Å². The Morgan fingerprint density at radius 2 is 1.39 bits per heavy atom. The molecule has 0 bridgehead atoms. The molecule has 0 N–H and O–H groups in total. The van der Waals surface area contributed by atoms with Crippen molar-refractivity contribution in [1.29, 1.82) is 0 Å². The van der Waals surface area contributed by atoms with Gasteiger partial charge in [-0.1, -0.05) is 58.6 Å². The molecule has 0 fully saturated rings. The van der Waals surface area contributed by atoms with Crippen molar-refractivity contribution in [2.75, 3.05) is 26.2 Å². The fourth-order valence-corrected chi connectivity index (χ4v) is 2.47. The molecule has 0 heterocycles. The Morgan fingerprint density at radius 3 is 1.72 bits per heavy atom. The molecule has 0 aliphatic heterocycles. The van der Waals surface area contributed by atoms with Crippen LogP contribution in [0.1, 0.15) is 53.9 Å². The van der Waals surface area contributed by atoms with E-state index in [2.05, 4.69) is 50.2 Å². The Balaban J connectivity index is 4.84. The third kappa shape index (κ3) is 6.26. The van der Waals surface area contributed by atoms with Crippen molar-refractivity contribution in [3.8, 4) is 0 Å². The van der Waals surface area contributed by atoms with Crippen LogP contribution >= 0.6 is 11.6 Å². The van der Waals surface area contributed by atoms with Crippen molar-refractivity contribution < 1.29 is 0 Å². The van der Waals surface area contributed by atoms with E-state index < -0.39 is 0 Å². The number of rotatable bonds is 10. The lowest BCUT2D eigenvalue weighted by Gasteiger charge is -2.33. The lowest BCUT2D eigenvalue weighted by molar-refractivity contribution is 0.387. The molecule has 0 atom stereocenters. The van der Waals surface area contributed by atoms with E-state index in [0.717, 1.165) is 37.6 Å². The highest BCUT2D eigenvalue weighted by atomic mass is 35.5. The standard InChI is InChI=1S/C14H30BClN2/c1-6-11-12-14(16)13-15(17(7-2)8-3)18(9-4)10-5/h13H,6-12H2,1-5H3. The van der Waals surface area contributed by atoms with Crippen molar-refractivity contribution in [2.45, 2.75) is 53.9 Å². The molecule has 0 saturated heterocycles. The van der Waals surface area contributed by atoms with E-state index in [1.807, 2.05) is 0 Å². The minimum atomic E-state index is 0.347. The molecule has 0 radical (unpaired) electrons. The number of allylic oxidation sites excluding steroid dienone is 1. The minimum absolute atomic E-state index is 0.347. The summed E-state index contributed by atoms with van der Waals surface area (Å²) in [6.07, 6.45) is 3.39. The molecular weight excluding hydrogens is 242 g/mol.